The number of hydrogen-bond donors (Lipinski definition) is 2. The Hall–Kier alpha value is -4.19. The van der Waals surface area contributed by atoms with Crippen LogP contribution in [0.5, 0.6) is 11.8 Å². The van der Waals surface area contributed by atoms with Crippen molar-refractivity contribution >= 4 is 33.5 Å². The summed E-state index contributed by atoms with van der Waals surface area (Å²) in [5, 5.41) is 21.2. The minimum atomic E-state index is -1.00. The maximum atomic E-state index is 16.1. The van der Waals surface area contributed by atoms with Crippen LogP contribution in [0.15, 0.2) is 30.5 Å². The molecule has 2 aromatic heterocycles. The molecule has 0 radical (unpaired) electrons. The summed E-state index contributed by atoms with van der Waals surface area (Å²) >= 11 is 0. The van der Waals surface area contributed by atoms with E-state index in [9.17, 15) is 23.8 Å². The van der Waals surface area contributed by atoms with Gasteiger partial charge >= 0.3 is 12.0 Å². The largest absolute Gasteiger partial charge is 0.508 e. The first-order valence-electron chi connectivity index (χ1n) is 14.9. The van der Waals surface area contributed by atoms with Gasteiger partial charge < -0.3 is 19.8 Å². The van der Waals surface area contributed by atoms with E-state index in [0.29, 0.717) is 54.7 Å². The number of aromatic nitrogens is 3. The molecule has 12 heteroatoms. The van der Waals surface area contributed by atoms with Gasteiger partial charge in [0.25, 0.3) is 0 Å². The number of methoxy groups -OCH3 is 1. The van der Waals surface area contributed by atoms with E-state index in [1.54, 1.807) is 11.8 Å². The van der Waals surface area contributed by atoms with Crippen LogP contribution in [-0.4, -0.2) is 81.0 Å². The molecule has 5 heterocycles. The summed E-state index contributed by atoms with van der Waals surface area (Å²) in [4.78, 5) is 28.5. The van der Waals surface area contributed by atoms with Crippen molar-refractivity contribution in [2.75, 3.05) is 31.6 Å². The maximum absolute atomic E-state index is 16.1. The second kappa shape index (κ2) is 12.1. The number of hydrogen-bond acceptors (Lipinski definition) is 8. The highest BCUT2D eigenvalue weighted by molar-refractivity contribution is 6.02. The summed E-state index contributed by atoms with van der Waals surface area (Å²) in [5.74, 6) is -2.15. The van der Waals surface area contributed by atoms with E-state index in [-0.39, 0.29) is 39.7 Å². The Bertz CT molecular complexity index is 1730. The lowest BCUT2D eigenvalue weighted by Gasteiger charge is -2.24. The molecule has 0 aliphatic carbocycles. The van der Waals surface area contributed by atoms with E-state index in [1.807, 2.05) is 0 Å². The molecule has 3 aliphatic rings. The van der Waals surface area contributed by atoms with Crippen molar-refractivity contribution in [3.05, 3.63) is 47.7 Å². The summed E-state index contributed by atoms with van der Waals surface area (Å²) < 4.78 is 48.5. The average molecular weight is 610 g/mol. The highest BCUT2D eigenvalue weighted by atomic mass is 19.1. The van der Waals surface area contributed by atoms with Crippen LogP contribution in [0.1, 0.15) is 44.6 Å². The normalized spacial score (nSPS) is 21.5. The van der Waals surface area contributed by atoms with E-state index in [4.69, 9.17) is 4.74 Å². The number of halogens is 3. The Morgan fingerprint density at radius 3 is 2.66 bits per heavy atom. The molecule has 2 N–H and O–H groups in total. The number of carboxylic acids is 1. The van der Waals surface area contributed by atoms with Gasteiger partial charge in [-0.2, -0.15) is 9.97 Å². The zero-order valence-corrected chi connectivity index (χ0v) is 24.6. The molecule has 2 aromatic carbocycles. The number of rotatable bonds is 5. The monoisotopic (exact) mass is 609 g/mol. The van der Waals surface area contributed by atoms with Crippen LogP contribution in [0.3, 0.4) is 0 Å². The van der Waals surface area contributed by atoms with Crippen molar-refractivity contribution in [1.29, 1.82) is 0 Å². The molecule has 9 nitrogen and oxygen atoms in total. The molecular formula is C32H34F3N5O4. The zero-order valence-electron chi connectivity index (χ0n) is 24.6. The molecule has 0 bridgehead atoms. The Balaban J connectivity index is 0.000000323. The van der Waals surface area contributed by atoms with E-state index in [1.165, 1.54) is 50.4 Å². The van der Waals surface area contributed by atoms with E-state index in [0.717, 1.165) is 13.0 Å². The molecule has 232 valence electrons. The van der Waals surface area contributed by atoms with Gasteiger partial charge in [-0.15, -0.1) is 0 Å². The lowest BCUT2D eigenvalue weighted by Crippen LogP contribution is -2.36. The number of phenolic OH excluding ortho intramolecular Hbond substituents is 1. The molecule has 0 saturated carbocycles. The van der Waals surface area contributed by atoms with Gasteiger partial charge in [0.1, 0.15) is 40.8 Å². The number of aromatic hydroxyl groups is 1. The number of alkyl halides is 1. The second-order valence-corrected chi connectivity index (χ2v) is 11.5. The van der Waals surface area contributed by atoms with Crippen molar-refractivity contribution in [3.63, 3.8) is 0 Å². The van der Waals surface area contributed by atoms with E-state index >= 15 is 4.39 Å². The van der Waals surface area contributed by atoms with Crippen molar-refractivity contribution in [1.82, 2.24) is 19.9 Å². The zero-order chi connectivity index (χ0) is 31.1. The van der Waals surface area contributed by atoms with Gasteiger partial charge in [-0.3, -0.25) is 9.88 Å². The molecule has 3 atom stereocenters. The molecule has 3 saturated heterocycles. The standard InChI is InChI=1S/C25H22F2N4O4.C7H12FN/c1-3-14-17(26)7-6-12-9-13(32)10-15(19(12)14)21-20(27)22-16(11-28-21)23(30-25(29-22)35-2)31-8-4-5-18(31)24(33)34;8-6-4-7-2-1-3-9(7)5-6/h6-7,9-11,18,32H,3-5,8H2,1-2H3,(H,33,34);6-7H,1-5H2/t18-;6-,7?/m01/s1. The summed E-state index contributed by atoms with van der Waals surface area (Å²) in [5.41, 5.74) is 0.362. The minimum Gasteiger partial charge on any atom is -0.508 e. The summed E-state index contributed by atoms with van der Waals surface area (Å²) in [6, 6.07) is 5.34. The number of benzene rings is 2. The third-order valence-corrected chi connectivity index (χ3v) is 8.86. The van der Waals surface area contributed by atoms with E-state index < -0.39 is 29.8 Å². The number of aryl methyl sites for hydroxylation is 1. The van der Waals surface area contributed by atoms with Gasteiger partial charge in [-0.25, -0.2) is 18.0 Å². The van der Waals surface area contributed by atoms with Gasteiger partial charge in [0, 0.05) is 30.9 Å². The van der Waals surface area contributed by atoms with Gasteiger partial charge in [0.2, 0.25) is 0 Å². The molecule has 7 rings (SSSR count). The van der Waals surface area contributed by atoms with Gasteiger partial charge in [-0.1, -0.05) is 13.0 Å². The van der Waals surface area contributed by atoms with Crippen molar-refractivity contribution in [3.8, 4) is 23.0 Å². The number of aliphatic carboxylic acids is 1. The SMILES string of the molecule is CCc1c(F)ccc2cc(O)cc(-c3ncc4c(N5CCC[C@H]5C(=O)O)nc(OC)nc4c3F)c12.F[C@@H]1CC2CCCN2C1. The number of ether oxygens (including phenoxy) is 1. The average Bonchev–Trinajstić information content (AvgIpc) is 3.74. The molecule has 0 amide bonds. The quantitative estimate of drug-likeness (QED) is 0.297. The molecule has 1 unspecified atom stereocenters. The Kier molecular flexibility index (Phi) is 8.19. The Morgan fingerprint density at radius 2 is 1.93 bits per heavy atom. The summed E-state index contributed by atoms with van der Waals surface area (Å²) in [6.07, 6.45) is 5.60. The molecule has 44 heavy (non-hydrogen) atoms. The second-order valence-electron chi connectivity index (χ2n) is 11.5. The highest BCUT2D eigenvalue weighted by Gasteiger charge is 2.35. The number of carbonyl (C=O) groups is 1. The number of fused-ring (bicyclic) bond motifs is 3. The number of anilines is 1. The number of phenols is 1. The molecule has 3 aliphatic heterocycles. The van der Waals surface area contributed by atoms with Gasteiger partial charge in [0.05, 0.1) is 12.5 Å². The van der Waals surface area contributed by atoms with E-state index in [2.05, 4.69) is 19.9 Å². The number of nitrogens with zero attached hydrogens (tertiary/aromatic N) is 5. The lowest BCUT2D eigenvalue weighted by molar-refractivity contribution is -0.138. The summed E-state index contributed by atoms with van der Waals surface area (Å²) in [6.45, 7) is 4.07. The fourth-order valence-electron chi connectivity index (χ4n) is 6.86. The Labute approximate surface area is 252 Å². The predicted molar refractivity (Wildman–Crippen MR) is 160 cm³/mol. The third-order valence-electron chi connectivity index (χ3n) is 8.86. The Morgan fingerprint density at radius 1 is 1.14 bits per heavy atom. The molecule has 4 aromatic rings. The van der Waals surface area contributed by atoms with Crippen LogP contribution in [0.25, 0.3) is 32.9 Å². The van der Waals surface area contributed by atoms with Crippen LogP contribution in [-0.2, 0) is 11.2 Å². The fourth-order valence-corrected chi connectivity index (χ4v) is 6.86. The number of carboxylic acid groups (broad SMARTS) is 1. The maximum Gasteiger partial charge on any atom is 0.326 e. The smallest absolute Gasteiger partial charge is 0.326 e. The first-order chi connectivity index (χ1) is 21.2. The highest BCUT2D eigenvalue weighted by Crippen LogP contribution is 2.39. The van der Waals surface area contributed by atoms with Gasteiger partial charge in [-0.05, 0) is 79.6 Å². The molecule has 0 spiro atoms. The topological polar surface area (TPSA) is 112 Å². The van der Waals surface area contributed by atoms with Crippen molar-refractivity contribution in [2.24, 2.45) is 0 Å². The van der Waals surface area contributed by atoms with Crippen LogP contribution in [0.4, 0.5) is 19.0 Å². The van der Waals surface area contributed by atoms with Crippen LogP contribution in [0.2, 0.25) is 0 Å². The van der Waals surface area contributed by atoms with Gasteiger partial charge in [0.15, 0.2) is 5.82 Å². The van der Waals surface area contributed by atoms with Crippen LogP contribution in [0, 0.1) is 11.6 Å². The molecular weight excluding hydrogens is 575 g/mol. The predicted octanol–water partition coefficient (Wildman–Crippen LogP) is 5.65. The first-order valence-corrected chi connectivity index (χ1v) is 14.9. The minimum absolute atomic E-state index is 0.112. The molecule has 3 fully saturated rings. The van der Waals surface area contributed by atoms with Crippen molar-refractivity contribution < 1.29 is 32.9 Å². The van der Waals surface area contributed by atoms with Crippen LogP contribution >= 0.6 is 0 Å². The lowest BCUT2D eigenvalue weighted by atomic mass is 9.94. The number of pyridine rings is 1. The van der Waals surface area contributed by atoms with Crippen LogP contribution < -0.4 is 9.64 Å². The fraction of sp³-hybridized carbons (Fsp3) is 0.438. The first kappa shape index (κ1) is 29.9. The summed E-state index contributed by atoms with van der Waals surface area (Å²) in [7, 11) is 1.34. The van der Waals surface area contributed by atoms with Crippen molar-refractivity contribution in [2.45, 2.75) is 63.7 Å². The third kappa shape index (κ3) is 5.36.